The second-order valence-electron chi connectivity index (χ2n) is 5.51. The minimum Gasteiger partial charge on any atom is -0.390 e. The van der Waals surface area contributed by atoms with Gasteiger partial charge in [0.1, 0.15) is 5.69 Å². The summed E-state index contributed by atoms with van der Waals surface area (Å²) >= 11 is 0. The Morgan fingerprint density at radius 1 is 1.36 bits per heavy atom. The van der Waals surface area contributed by atoms with Crippen LogP contribution in [0.3, 0.4) is 0 Å². The van der Waals surface area contributed by atoms with Gasteiger partial charge < -0.3 is 10.0 Å². The van der Waals surface area contributed by atoms with Crippen LogP contribution in [0.1, 0.15) is 29.5 Å². The molecule has 5 heteroatoms. The molecule has 118 valence electrons. The monoisotopic (exact) mass is 301 g/mol. The van der Waals surface area contributed by atoms with Crippen molar-refractivity contribution in [2.24, 2.45) is 0 Å². The molecule has 0 radical (unpaired) electrons. The maximum atomic E-state index is 12.5. The van der Waals surface area contributed by atoms with Crippen molar-refractivity contribution < 1.29 is 9.90 Å². The molecular formula is C17H23N3O2. The van der Waals surface area contributed by atoms with E-state index in [1.54, 1.807) is 11.0 Å². The smallest absolute Gasteiger partial charge is 0.272 e. The zero-order valence-electron chi connectivity index (χ0n) is 13.2. The number of carbonyl (C=O) groups is 1. The van der Waals surface area contributed by atoms with Crippen molar-refractivity contribution in [2.75, 3.05) is 32.7 Å². The van der Waals surface area contributed by atoms with Crippen LogP contribution in [0, 0.1) is 18.8 Å². The third-order valence-corrected chi connectivity index (χ3v) is 3.59. The van der Waals surface area contributed by atoms with Crippen LogP contribution in [0.2, 0.25) is 0 Å². The summed E-state index contributed by atoms with van der Waals surface area (Å²) < 4.78 is 0. The van der Waals surface area contributed by atoms with Gasteiger partial charge in [-0.1, -0.05) is 18.9 Å². The SMILES string of the molecule is CCC#CCN1CCN(C(=O)c2cccc(C)n2)C[C@H](O)C1. The fraction of sp³-hybridized carbons (Fsp3) is 0.529. The maximum absolute atomic E-state index is 12.5. The fourth-order valence-corrected chi connectivity index (χ4v) is 2.50. The Bertz CT molecular complexity index is 577. The highest BCUT2D eigenvalue weighted by Gasteiger charge is 2.25. The van der Waals surface area contributed by atoms with Crippen LogP contribution in [-0.4, -0.2) is 64.6 Å². The third-order valence-electron chi connectivity index (χ3n) is 3.59. The molecule has 1 aliphatic heterocycles. The van der Waals surface area contributed by atoms with E-state index in [1.165, 1.54) is 0 Å². The van der Waals surface area contributed by atoms with Gasteiger partial charge in [-0.3, -0.25) is 9.69 Å². The second kappa shape index (κ2) is 7.92. The number of β-amino-alcohol motifs (C(OH)–C–C–N with tert-alkyl or cyclic N) is 1. The van der Waals surface area contributed by atoms with Crippen molar-refractivity contribution in [1.29, 1.82) is 0 Å². The number of hydrogen-bond donors (Lipinski definition) is 1. The first kappa shape index (κ1) is 16.5. The van der Waals surface area contributed by atoms with E-state index >= 15 is 0 Å². The summed E-state index contributed by atoms with van der Waals surface area (Å²) in [6.07, 6.45) is 0.278. The molecule has 1 saturated heterocycles. The molecule has 0 aromatic carbocycles. The molecule has 1 amide bonds. The number of aliphatic hydroxyl groups excluding tert-OH is 1. The van der Waals surface area contributed by atoms with E-state index < -0.39 is 6.10 Å². The molecule has 5 nitrogen and oxygen atoms in total. The standard InChI is InChI=1S/C17H23N3O2/c1-3-4-5-9-19-10-11-20(13-15(21)12-19)17(22)16-8-6-7-14(2)18-16/h6-8,15,21H,3,9-13H2,1-2H3/t15-/m1/s1. The molecule has 22 heavy (non-hydrogen) atoms. The Hall–Kier alpha value is -1.90. The maximum Gasteiger partial charge on any atom is 0.272 e. The topological polar surface area (TPSA) is 56.7 Å². The molecule has 1 fully saturated rings. The van der Waals surface area contributed by atoms with Gasteiger partial charge >= 0.3 is 0 Å². The summed E-state index contributed by atoms with van der Waals surface area (Å²) in [6, 6.07) is 5.41. The molecule has 0 aliphatic carbocycles. The second-order valence-corrected chi connectivity index (χ2v) is 5.51. The van der Waals surface area contributed by atoms with Crippen molar-refractivity contribution >= 4 is 5.91 Å². The number of carbonyl (C=O) groups excluding carboxylic acids is 1. The van der Waals surface area contributed by atoms with Gasteiger partial charge in [0.2, 0.25) is 0 Å². The molecule has 1 aromatic rings. The summed E-state index contributed by atoms with van der Waals surface area (Å²) in [6.45, 7) is 6.69. The summed E-state index contributed by atoms with van der Waals surface area (Å²) in [5.74, 6) is 6.00. The van der Waals surface area contributed by atoms with Gasteiger partial charge in [-0.05, 0) is 19.1 Å². The molecule has 0 saturated carbocycles. The van der Waals surface area contributed by atoms with Crippen molar-refractivity contribution in [3.63, 3.8) is 0 Å². The number of amides is 1. The van der Waals surface area contributed by atoms with Gasteiger partial charge in [0.25, 0.3) is 5.91 Å². The minimum atomic E-state index is -0.556. The summed E-state index contributed by atoms with van der Waals surface area (Å²) in [4.78, 5) is 20.6. The van der Waals surface area contributed by atoms with Crippen molar-refractivity contribution in [3.8, 4) is 11.8 Å². The first-order valence-electron chi connectivity index (χ1n) is 7.69. The van der Waals surface area contributed by atoms with Gasteiger partial charge in [0.15, 0.2) is 0 Å². The number of nitrogens with zero attached hydrogens (tertiary/aromatic N) is 3. The van der Waals surface area contributed by atoms with Crippen LogP contribution in [0.15, 0.2) is 18.2 Å². The van der Waals surface area contributed by atoms with Crippen LogP contribution in [0.4, 0.5) is 0 Å². The molecule has 0 spiro atoms. The lowest BCUT2D eigenvalue weighted by Crippen LogP contribution is -2.38. The fourth-order valence-electron chi connectivity index (χ4n) is 2.50. The van der Waals surface area contributed by atoms with E-state index in [9.17, 15) is 9.90 Å². The lowest BCUT2D eigenvalue weighted by Gasteiger charge is -2.21. The van der Waals surface area contributed by atoms with E-state index in [4.69, 9.17) is 0 Å². The molecule has 0 unspecified atom stereocenters. The lowest BCUT2D eigenvalue weighted by molar-refractivity contribution is 0.0660. The largest absolute Gasteiger partial charge is 0.390 e. The normalized spacial score (nSPS) is 19.2. The number of hydrogen-bond acceptors (Lipinski definition) is 4. The molecule has 1 aliphatic rings. The number of aryl methyl sites for hydroxylation is 1. The van der Waals surface area contributed by atoms with Crippen molar-refractivity contribution in [2.45, 2.75) is 26.4 Å². The van der Waals surface area contributed by atoms with E-state index in [1.807, 2.05) is 26.0 Å². The minimum absolute atomic E-state index is 0.121. The predicted molar refractivity (Wildman–Crippen MR) is 85.4 cm³/mol. The van der Waals surface area contributed by atoms with Gasteiger partial charge in [-0.25, -0.2) is 4.98 Å². The van der Waals surface area contributed by atoms with E-state index in [-0.39, 0.29) is 5.91 Å². The Morgan fingerprint density at radius 2 is 2.18 bits per heavy atom. The van der Waals surface area contributed by atoms with Gasteiger partial charge in [0.05, 0.1) is 12.6 Å². The molecular weight excluding hydrogens is 278 g/mol. The molecule has 1 aromatic heterocycles. The first-order valence-corrected chi connectivity index (χ1v) is 7.69. The number of pyridine rings is 1. The first-order chi connectivity index (χ1) is 10.6. The molecule has 2 rings (SSSR count). The highest BCUT2D eigenvalue weighted by molar-refractivity contribution is 5.92. The van der Waals surface area contributed by atoms with Crippen LogP contribution in [0.25, 0.3) is 0 Å². The van der Waals surface area contributed by atoms with Crippen molar-refractivity contribution in [3.05, 3.63) is 29.6 Å². The van der Waals surface area contributed by atoms with Crippen LogP contribution < -0.4 is 0 Å². The quantitative estimate of drug-likeness (QED) is 0.826. The Labute approximate surface area is 131 Å². The average molecular weight is 301 g/mol. The lowest BCUT2D eigenvalue weighted by atomic mass is 10.2. The summed E-state index contributed by atoms with van der Waals surface area (Å²) in [7, 11) is 0. The average Bonchev–Trinajstić information content (AvgIpc) is 2.68. The summed E-state index contributed by atoms with van der Waals surface area (Å²) in [5.41, 5.74) is 1.25. The highest BCUT2D eigenvalue weighted by Crippen LogP contribution is 2.09. The number of aromatic nitrogens is 1. The molecule has 1 N–H and O–H groups in total. The van der Waals surface area contributed by atoms with Gasteiger partial charge in [-0.2, -0.15) is 0 Å². The zero-order valence-corrected chi connectivity index (χ0v) is 13.2. The van der Waals surface area contributed by atoms with E-state index in [0.717, 1.165) is 12.1 Å². The third kappa shape index (κ3) is 4.55. The van der Waals surface area contributed by atoms with Gasteiger partial charge in [0, 0.05) is 38.3 Å². The van der Waals surface area contributed by atoms with Crippen molar-refractivity contribution in [1.82, 2.24) is 14.8 Å². The summed E-state index contributed by atoms with van der Waals surface area (Å²) in [5, 5.41) is 10.1. The number of rotatable bonds is 2. The van der Waals surface area contributed by atoms with Gasteiger partial charge in [-0.15, -0.1) is 5.92 Å². The van der Waals surface area contributed by atoms with E-state index in [0.29, 0.717) is 38.4 Å². The Morgan fingerprint density at radius 3 is 2.91 bits per heavy atom. The zero-order chi connectivity index (χ0) is 15.9. The highest BCUT2D eigenvalue weighted by atomic mass is 16.3. The van der Waals surface area contributed by atoms with E-state index in [2.05, 4.69) is 21.7 Å². The molecule has 1 atom stereocenters. The molecule has 2 heterocycles. The predicted octanol–water partition coefficient (Wildman–Crippen LogP) is 0.922. The number of aliphatic hydroxyl groups is 1. The van der Waals surface area contributed by atoms with Crippen LogP contribution in [0.5, 0.6) is 0 Å². The van der Waals surface area contributed by atoms with Crippen LogP contribution >= 0.6 is 0 Å². The van der Waals surface area contributed by atoms with Crippen LogP contribution in [-0.2, 0) is 0 Å². The Kier molecular flexibility index (Phi) is 5.93. The molecule has 0 bridgehead atoms. The Balaban J connectivity index is 2.02.